The summed E-state index contributed by atoms with van der Waals surface area (Å²) in [6.07, 6.45) is 9.24. The zero-order chi connectivity index (χ0) is 11.9. The monoisotopic (exact) mass is 240 g/mol. The third kappa shape index (κ3) is 4.23. The number of nitrogens with one attached hydrogen (secondary N) is 1. The lowest BCUT2D eigenvalue weighted by Gasteiger charge is -2.32. The van der Waals surface area contributed by atoms with Gasteiger partial charge in [0.25, 0.3) is 0 Å². The molecule has 2 aliphatic rings. The van der Waals surface area contributed by atoms with Crippen molar-refractivity contribution in [2.75, 3.05) is 26.3 Å². The van der Waals surface area contributed by atoms with Crippen molar-refractivity contribution in [1.82, 2.24) is 5.32 Å². The molecule has 0 aromatic rings. The molecule has 3 nitrogen and oxygen atoms in total. The number of hydrogen-bond acceptors (Lipinski definition) is 3. The molecule has 1 saturated carbocycles. The molecule has 3 heteroatoms. The molecule has 1 aliphatic heterocycles. The third-order valence-electron chi connectivity index (χ3n) is 4.51. The summed E-state index contributed by atoms with van der Waals surface area (Å²) in [5.41, 5.74) is 5.85. The van der Waals surface area contributed by atoms with Gasteiger partial charge in [-0.05, 0) is 57.0 Å². The van der Waals surface area contributed by atoms with Crippen LogP contribution in [0.3, 0.4) is 0 Å². The molecule has 17 heavy (non-hydrogen) atoms. The molecule has 1 saturated heterocycles. The lowest BCUT2D eigenvalue weighted by molar-refractivity contribution is 0.0634. The molecule has 0 bridgehead atoms. The number of hydrogen-bond donors (Lipinski definition) is 2. The van der Waals surface area contributed by atoms with Crippen molar-refractivity contribution in [3.05, 3.63) is 0 Å². The Kier molecular flexibility index (Phi) is 5.75. The molecule has 0 radical (unpaired) electrons. The zero-order valence-electron chi connectivity index (χ0n) is 11.0. The molecule has 2 rings (SSSR count). The van der Waals surface area contributed by atoms with Gasteiger partial charge in [-0.2, -0.15) is 0 Å². The molecule has 2 fully saturated rings. The highest BCUT2D eigenvalue weighted by atomic mass is 16.5. The highest BCUT2D eigenvalue weighted by molar-refractivity contribution is 4.81. The Morgan fingerprint density at radius 2 is 1.82 bits per heavy atom. The van der Waals surface area contributed by atoms with E-state index in [1.165, 1.54) is 51.5 Å². The SMILES string of the molecule is NCC1CCCCC1NCCC1CCOCC1. The summed E-state index contributed by atoms with van der Waals surface area (Å²) in [6, 6.07) is 0.689. The fourth-order valence-electron chi connectivity index (χ4n) is 3.27. The smallest absolute Gasteiger partial charge is 0.0468 e. The highest BCUT2D eigenvalue weighted by Gasteiger charge is 2.23. The summed E-state index contributed by atoms with van der Waals surface area (Å²) in [5.74, 6) is 1.61. The highest BCUT2D eigenvalue weighted by Crippen LogP contribution is 2.24. The second-order valence-corrected chi connectivity index (χ2v) is 5.69. The molecule has 100 valence electrons. The number of rotatable bonds is 5. The van der Waals surface area contributed by atoms with E-state index in [0.717, 1.165) is 31.6 Å². The van der Waals surface area contributed by atoms with Crippen molar-refractivity contribution in [3.63, 3.8) is 0 Å². The van der Waals surface area contributed by atoms with E-state index < -0.39 is 0 Å². The maximum atomic E-state index is 5.85. The summed E-state index contributed by atoms with van der Waals surface area (Å²) in [5, 5.41) is 3.75. The maximum absolute atomic E-state index is 5.85. The van der Waals surface area contributed by atoms with E-state index in [1.54, 1.807) is 0 Å². The molecule has 1 heterocycles. The van der Waals surface area contributed by atoms with Crippen LogP contribution in [0.1, 0.15) is 44.9 Å². The first-order valence-electron chi connectivity index (χ1n) is 7.41. The summed E-state index contributed by atoms with van der Waals surface area (Å²) in [4.78, 5) is 0. The van der Waals surface area contributed by atoms with Gasteiger partial charge in [0.2, 0.25) is 0 Å². The van der Waals surface area contributed by atoms with E-state index in [-0.39, 0.29) is 0 Å². The second kappa shape index (κ2) is 7.34. The lowest BCUT2D eigenvalue weighted by atomic mass is 9.84. The van der Waals surface area contributed by atoms with Crippen LogP contribution in [-0.4, -0.2) is 32.3 Å². The van der Waals surface area contributed by atoms with Crippen molar-refractivity contribution in [1.29, 1.82) is 0 Å². The Morgan fingerprint density at radius 1 is 1.06 bits per heavy atom. The van der Waals surface area contributed by atoms with E-state index in [0.29, 0.717) is 6.04 Å². The Bertz CT molecular complexity index is 204. The average Bonchev–Trinajstić information content (AvgIpc) is 2.40. The first-order valence-corrected chi connectivity index (χ1v) is 7.41. The molecule has 2 atom stereocenters. The quantitative estimate of drug-likeness (QED) is 0.771. The van der Waals surface area contributed by atoms with Crippen molar-refractivity contribution < 1.29 is 4.74 Å². The summed E-state index contributed by atoms with van der Waals surface area (Å²) in [7, 11) is 0. The molecule has 0 aromatic carbocycles. The van der Waals surface area contributed by atoms with Gasteiger partial charge in [0.05, 0.1) is 0 Å². The minimum Gasteiger partial charge on any atom is -0.381 e. The topological polar surface area (TPSA) is 47.3 Å². The van der Waals surface area contributed by atoms with Crippen molar-refractivity contribution in [3.8, 4) is 0 Å². The number of ether oxygens (including phenoxy) is 1. The fraction of sp³-hybridized carbons (Fsp3) is 1.00. The third-order valence-corrected chi connectivity index (χ3v) is 4.51. The van der Waals surface area contributed by atoms with E-state index >= 15 is 0 Å². The first kappa shape index (κ1) is 13.3. The van der Waals surface area contributed by atoms with Crippen LogP contribution < -0.4 is 11.1 Å². The van der Waals surface area contributed by atoms with Gasteiger partial charge in [0.1, 0.15) is 0 Å². The Balaban J connectivity index is 1.62. The van der Waals surface area contributed by atoms with Crippen LogP contribution in [0.5, 0.6) is 0 Å². The molecule has 1 aliphatic carbocycles. The van der Waals surface area contributed by atoms with Crippen molar-refractivity contribution in [2.45, 2.75) is 51.0 Å². The Morgan fingerprint density at radius 3 is 2.59 bits per heavy atom. The molecular formula is C14H28N2O. The van der Waals surface area contributed by atoms with Gasteiger partial charge in [-0.1, -0.05) is 12.8 Å². The maximum Gasteiger partial charge on any atom is 0.0468 e. The van der Waals surface area contributed by atoms with Crippen molar-refractivity contribution >= 4 is 0 Å². The second-order valence-electron chi connectivity index (χ2n) is 5.69. The van der Waals surface area contributed by atoms with Gasteiger partial charge < -0.3 is 15.8 Å². The van der Waals surface area contributed by atoms with Gasteiger partial charge in [-0.25, -0.2) is 0 Å². The van der Waals surface area contributed by atoms with Crippen LogP contribution in [0.25, 0.3) is 0 Å². The van der Waals surface area contributed by atoms with Crippen LogP contribution in [0.2, 0.25) is 0 Å². The minimum atomic E-state index is 0.689. The van der Waals surface area contributed by atoms with Gasteiger partial charge in [-0.3, -0.25) is 0 Å². The van der Waals surface area contributed by atoms with Crippen LogP contribution in [0.15, 0.2) is 0 Å². The predicted octanol–water partition coefficient (Wildman–Crippen LogP) is 1.91. The lowest BCUT2D eigenvalue weighted by Crippen LogP contribution is -2.42. The minimum absolute atomic E-state index is 0.689. The van der Waals surface area contributed by atoms with Gasteiger partial charge >= 0.3 is 0 Å². The van der Waals surface area contributed by atoms with Crippen LogP contribution in [0.4, 0.5) is 0 Å². The summed E-state index contributed by atoms with van der Waals surface area (Å²) >= 11 is 0. The van der Waals surface area contributed by atoms with Crippen LogP contribution >= 0.6 is 0 Å². The Labute approximate surface area is 105 Å². The van der Waals surface area contributed by atoms with E-state index in [2.05, 4.69) is 5.32 Å². The number of nitrogens with two attached hydrogens (primary N) is 1. The predicted molar refractivity (Wildman–Crippen MR) is 71.0 cm³/mol. The van der Waals surface area contributed by atoms with Gasteiger partial charge in [0, 0.05) is 19.3 Å². The van der Waals surface area contributed by atoms with Crippen LogP contribution in [0, 0.1) is 11.8 Å². The summed E-state index contributed by atoms with van der Waals surface area (Å²) in [6.45, 7) is 3.97. The van der Waals surface area contributed by atoms with Crippen molar-refractivity contribution in [2.24, 2.45) is 17.6 Å². The molecule has 0 spiro atoms. The van der Waals surface area contributed by atoms with Gasteiger partial charge in [-0.15, -0.1) is 0 Å². The molecule has 0 aromatic heterocycles. The van der Waals surface area contributed by atoms with E-state index in [1.807, 2.05) is 0 Å². The normalized spacial score (nSPS) is 31.6. The standard InChI is InChI=1S/C14H28N2O/c15-11-13-3-1-2-4-14(13)16-8-5-12-6-9-17-10-7-12/h12-14,16H,1-11,15H2. The Hall–Kier alpha value is -0.120. The zero-order valence-corrected chi connectivity index (χ0v) is 11.0. The fourth-order valence-corrected chi connectivity index (χ4v) is 3.27. The molecule has 0 amide bonds. The van der Waals surface area contributed by atoms with Crippen LogP contribution in [-0.2, 0) is 4.74 Å². The molecular weight excluding hydrogens is 212 g/mol. The molecule has 3 N–H and O–H groups in total. The average molecular weight is 240 g/mol. The summed E-state index contributed by atoms with van der Waals surface area (Å²) < 4.78 is 5.39. The first-order chi connectivity index (χ1) is 8.40. The van der Waals surface area contributed by atoms with Gasteiger partial charge in [0.15, 0.2) is 0 Å². The molecule has 2 unspecified atom stereocenters. The van der Waals surface area contributed by atoms with E-state index in [9.17, 15) is 0 Å². The largest absolute Gasteiger partial charge is 0.381 e. The van der Waals surface area contributed by atoms with E-state index in [4.69, 9.17) is 10.5 Å².